The Bertz CT molecular complexity index is 830. The van der Waals surface area contributed by atoms with Crippen molar-refractivity contribution in [3.63, 3.8) is 0 Å². The van der Waals surface area contributed by atoms with Crippen molar-refractivity contribution in [3.05, 3.63) is 40.7 Å². The van der Waals surface area contributed by atoms with Gasteiger partial charge in [-0.05, 0) is 68.5 Å². The molecule has 0 fully saturated rings. The highest BCUT2D eigenvalue weighted by molar-refractivity contribution is 6.07. The van der Waals surface area contributed by atoms with Crippen LogP contribution in [0.4, 0.5) is 10.1 Å². The van der Waals surface area contributed by atoms with E-state index < -0.39 is 11.7 Å². The number of hydrogen-bond acceptors (Lipinski definition) is 4. The van der Waals surface area contributed by atoms with E-state index in [1.165, 1.54) is 6.07 Å². The van der Waals surface area contributed by atoms with E-state index in [2.05, 4.69) is 24.1 Å². The summed E-state index contributed by atoms with van der Waals surface area (Å²) in [4.78, 5) is 26.1. The molecule has 0 unspecified atom stereocenters. The topological polar surface area (TPSA) is 99.3 Å². The Kier molecular flexibility index (Phi) is 9.17. The maximum Gasteiger partial charge on any atom is 0.244 e. The van der Waals surface area contributed by atoms with E-state index in [1.54, 1.807) is 12.1 Å². The zero-order chi connectivity index (χ0) is 22.1. The third-order valence-electron chi connectivity index (χ3n) is 5.46. The average molecular weight is 421 g/mol. The lowest BCUT2D eigenvalue weighted by molar-refractivity contribution is -0.116. The van der Waals surface area contributed by atoms with Gasteiger partial charge < -0.3 is 21.4 Å². The van der Waals surface area contributed by atoms with Gasteiger partial charge in [0.05, 0.1) is 5.69 Å². The molecule has 0 aromatic heterocycles. The molecule has 0 radical (unpaired) electrons. The number of halogens is 1. The number of nitrogens with two attached hydrogens (primary N) is 1. The molecule has 0 bridgehead atoms. The molecule has 0 atom stereocenters. The van der Waals surface area contributed by atoms with Crippen molar-refractivity contribution in [1.82, 2.24) is 4.90 Å². The molecular weight excluding hydrogens is 383 g/mol. The second-order valence-corrected chi connectivity index (χ2v) is 7.73. The molecular formula is C23H37FN4O2. The van der Waals surface area contributed by atoms with Gasteiger partial charge in [-0.15, -0.1) is 0 Å². The summed E-state index contributed by atoms with van der Waals surface area (Å²) in [7, 11) is 0. The number of rotatable bonds is 11. The molecule has 4 N–H and O–H groups in total. The van der Waals surface area contributed by atoms with Crippen molar-refractivity contribution in [2.24, 2.45) is 5.73 Å². The molecule has 2 rings (SSSR count). The van der Waals surface area contributed by atoms with Crippen LogP contribution in [0.1, 0.15) is 60.8 Å². The van der Waals surface area contributed by atoms with Crippen LogP contribution in [0, 0.1) is 11.2 Å². The predicted octanol–water partition coefficient (Wildman–Crippen LogP) is 4.30. The Morgan fingerprint density at radius 1 is 1.20 bits per heavy atom. The van der Waals surface area contributed by atoms with Gasteiger partial charge in [0, 0.05) is 33.5 Å². The monoisotopic (exact) mass is 420 g/mol. The molecule has 0 saturated heterocycles. The van der Waals surface area contributed by atoms with Gasteiger partial charge in [0.2, 0.25) is 11.8 Å². The number of hydrogen-bond donors (Lipinski definition) is 3. The number of nitrogens with one attached hydrogen (secondary N) is 2. The van der Waals surface area contributed by atoms with Crippen LogP contribution in [-0.4, -0.2) is 42.1 Å². The molecule has 1 aliphatic carbocycles. The van der Waals surface area contributed by atoms with Gasteiger partial charge in [-0.1, -0.05) is 19.9 Å². The van der Waals surface area contributed by atoms with Crippen LogP contribution in [0.3, 0.4) is 0 Å². The third-order valence-corrected chi connectivity index (χ3v) is 5.46. The zero-order valence-electron chi connectivity index (χ0n) is 18.0. The van der Waals surface area contributed by atoms with E-state index in [1.807, 2.05) is 0 Å². The van der Waals surface area contributed by atoms with Gasteiger partial charge in [-0.3, -0.25) is 9.59 Å². The molecule has 6 nitrogen and oxygen atoms in total. The van der Waals surface area contributed by atoms with Crippen molar-refractivity contribution in [2.75, 3.05) is 25.0 Å². The zero-order valence-corrected chi connectivity index (χ0v) is 18.0. The quantitative estimate of drug-likeness (QED) is 0.466. The standard InChI is InChI=1S/C23H33FN4O2.2H2/c1-3-12-28(4-2)13-11-22(29)27-21-15-16(9-10-19(21)24)14-20(25)17-7-5-6-8-18(17)23(26)30;;/h9-10,15,25H,3-8,11-14H2,1-2H3,(H2,26,30)(H,27,29);2*1H. The fourth-order valence-electron chi connectivity index (χ4n) is 3.82. The number of benzene rings is 1. The average Bonchev–Trinajstić information content (AvgIpc) is 2.73. The van der Waals surface area contributed by atoms with E-state index in [-0.39, 0.29) is 20.9 Å². The molecule has 1 aliphatic rings. The molecule has 7 heteroatoms. The normalized spacial score (nSPS) is 14.1. The summed E-state index contributed by atoms with van der Waals surface area (Å²) in [6.07, 6.45) is 4.66. The van der Waals surface area contributed by atoms with Crippen LogP contribution in [0.15, 0.2) is 29.3 Å². The van der Waals surface area contributed by atoms with Gasteiger partial charge in [0.15, 0.2) is 0 Å². The molecule has 30 heavy (non-hydrogen) atoms. The van der Waals surface area contributed by atoms with Crippen LogP contribution in [0.25, 0.3) is 0 Å². The van der Waals surface area contributed by atoms with E-state index in [0.29, 0.717) is 48.2 Å². The molecule has 0 saturated carbocycles. The Labute approximate surface area is 181 Å². The summed E-state index contributed by atoms with van der Waals surface area (Å²) in [6, 6.07) is 4.48. The second-order valence-electron chi connectivity index (χ2n) is 7.73. The van der Waals surface area contributed by atoms with Gasteiger partial charge in [-0.25, -0.2) is 4.39 Å². The molecule has 0 heterocycles. The number of primary amides is 1. The Hall–Kier alpha value is -2.54. The van der Waals surface area contributed by atoms with Crippen molar-refractivity contribution in [2.45, 2.75) is 58.8 Å². The Morgan fingerprint density at radius 3 is 2.53 bits per heavy atom. The smallest absolute Gasteiger partial charge is 0.244 e. The minimum atomic E-state index is -0.505. The fourth-order valence-corrected chi connectivity index (χ4v) is 3.82. The minimum absolute atomic E-state index is 0. The maximum atomic E-state index is 14.2. The van der Waals surface area contributed by atoms with Crippen LogP contribution < -0.4 is 11.1 Å². The first-order valence-electron chi connectivity index (χ1n) is 10.8. The number of allylic oxidation sites excluding steroid dienone is 1. The van der Waals surface area contributed by atoms with Crippen LogP contribution >= 0.6 is 0 Å². The number of anilines is 1. The van der Waals surface area contributed by atoms with Gasteiger partial charge in [0.1, 0.15) is 5.82 Å². The second kappa shape index (κ2) is 11.6. The molecule has 1 aromatic carbocycles. The van der Waals surface area contributed by atoms with Gasteiger partial charge >= 0.3 is 0 Å². The Morgan fingerprint density at radius 2 is 1.90 bits per heavy atom. The summed E-state index contributed by atoms with van der Waals surface area (Å²) in [5, 5.41) is 11.1. The summed E-state index contributed by atoms with van der Waals surface area (Å²) >= 11 is 0. The highest BCUT2D eigenvalue weighted by atomic mass is 19.1. The number of carbonyl (C=O) groups is 2. The first-order valence-corrected chi connectivity index (χ1v) is 10.8. The molecule has 0 spiro atoms. The minimum Gasteiger partial charge on any atom is -0.366 e. The number of nitrogens with zero attached hydrogens (tertiary/aromatic N) is 1. The van der Waals surface area contributed by atoms with Crippen LogP contribution in [0.5, 0.6) is 0 Å². The first-order chi connectivity index (χ1) is 14.3. The number of amides is 2. The fraction of sp³-hybridized carbons (Fsp3) is 0.522. The third kappa shape index (κ3) is 6.76. The number of carbonyl (C=O) groups excluding carboxylic acids is 2. The van der Waals surface area contributed by atoms with Crippen molar-refractivity contribution in [3.8, 4) is 0 Å². The summed E-state index contributed by atoms with van der Waals surface area (Å²) in [6.45, 7) is 6.58. The lowest BCUT2D eigenvalue weighted by atomic mass is 9.86. The van der Waals surface area contributed by atoms with Crippen LogP contribution in [0.2, 0.25) is 0 Å². The van der Waals surface area contributed by atoms with E-state index >= 15 is 0 Å². The SMILES string of the molecule is CCCN(CC)CCC(=O)Nc1cc(CC(=N)C2=C(C(N)=O)CCCC2)ccc1F.[HH].[HH]. The van der Waals surface area contributed by atoms with Crippen molar-refractivity contribution >= 4 is 23.2 Å². The lowest BCUT2D eigenvalue weighted by Gasteiger charge is -2.20. The highest BCUT2D eigenvalue weighted by Gasteiger charge is 2.20. The van der Waals surface area contributed by atoms with Gasteiger partial charge in [0.25, 0.3) is 0 Å². The maximum absolute atomic E-state index is 14.2. The van der Waals surface area contributed by atoms with Crippen molar-refractivity contribution in [1.29, 1.82) is 5.41 Å². The van der Waals surface area contributed by atoms with E-state index in [9.17, 15) is 14.0 Å². The largest absolute Gasteiger partial charge is 0.366 e. The first kappa shape index (κ1) is 23.7. The summed E-state index contributed by atoms with van der Waals surface area (Å²) in [5.41, 5.74) is 7.87. The molecule has 168 valence electrons. The van der Waals surface area contributed by atoms with Gasteiger partial charge in [-0.2, -0.15) is 0 Å². The van der Waals surface area contributed by atoms with Crippen LogP contribution in [-0.2, 0) is 16.0 Å². The van der Waals surface area contributed by atoms with E-state index in [0.717, 1.165) is 32.4 Å². The van der Waals surface area contributed by atoms with E-state index in [4.69, 9.17) is 11.1 Å². The Balaban J connectivity index is 0.00000480. The summed E-state index contributed by atoms with van der Waals surface area (Å²) < 4.78 is 14.2. The molecule has 1 aromatic rings. The molecule has 0 aliphatic heterocycles. The van der Waals surface area contributed by atoms with Crippen molar-refractivity contribution < 1.29 is 16.8 Å². The molecule has 2 amide bonds. The highest BCUT2D eigenvalue weighted by Crippen LogP contribution is 2.27. The lowest BCUT2D eigenvalue weighted by Crippen LogP contribution is -2.28. The summed E-state index contributed by atoms with van der Waals surface area (Å²) in [5.74, 6) is -1.21. The predicted molar refractivity (Wildman–Crippen MR) is 122 cm³/mol.